The quantitative estimate of drug-likeness (QED) is 0.855. The Bertz CT molecular complexity index is 749. The standard InChI is InChI=1S/C15H20ClN5O/c1-9(2)20-4-6-21(7-5-20)12-8-11-13(16)17-10(3)18-14(11)19-15(12)22/h8-9H,4-7H2,1-3H3,(H,17,18,19,22). The van der Waals surface area contributed by atoms with Crippen molar-refractivity contribution < 1.29 is 0 Å². The van der Waals surface area contributed by atoms with E-state index in [9.17, 15) is 4.79 Å². The van der Waals surface area contributed by atoms with Crippen molar-refractivity contribution in [3.05, 3.63) is 27.4 Å². The molecule has 0 spiro atoms. The van der Waals surface area contributed by atoms with Gasteiger partial charge in [-0.3, -0.25) is 9.69 Å². The summed E-state index contributed by atoms with van der Waals surface area (Å²) < 4.78 is 0. The Balaban J connectivity index is 1.95. The smallest absolute Gasteiger partial charge is 0.273 e. The van der Waals surface area contributed by atoms with Crippen molar-refractivity contribution in [1.29, 1.82) is 0 Å². The molecule has 1 N–H and O–H groups in total. The number of aromatic amines is 1. The summed E-state index contributed by atoms with van der Waals surface area (Å²) in [5, 5.41) is 1.06. The Labute approximate surface area is 134 Å². The van der Waals surface area contributed by atoms with Gasteiger partial charge >= 0.3 is 0 Å². The number of pyridine rings is 1. The molecule has 2 aromatic rings. The van der Waals surface area contributed by atoms with Crippen LogP contribution in [-0.2, 0) is 0 Å². The number of anilines is 1. The molecule has 2 aromatic heterocycles. The minimum atomic E-state index is -0.125. The maximum Gasteiger partial charge on any atom is 0.273 e. The van der Waals surface area contributed by atoms with E-state index in [1.807, 2.05) is 0 Å². The normalized spacial score (nSPS) is 16.7. The van der Waals surface area contributed by atoms with Gasteiger partial charge in [0.1, 0.15) is 22.3 Å². The molecule has 0 unspecified atom stereocenters. The Hall–Kier alpha value is -1.66. The Morgan fingerprint density at radius 3 is 2.55 bits per heavy atom. The Morgan fingerprint density at radius 1 is 1.23 bits per heavy atom. The minimum Gasteiger partial charge on any atom is -0.364 e. The number of H-pyrrole nitrogens is 1. The minimum absolute atomic E-state index is 0.125. The highest BCUT2D eigenvalue weighted by atomic mass is 35.5. The third-order valence-electron chi connectivity index (χ3n) is 4.14. The van der Waals surface area contributed by atoms with Crippen molar-refractivity contribution in [3.8, 4) is 0 Å². The Morgan fingerprint density at radius 2 is 1.91 bits per heavy atom. The highest BCUT2D eigenvalue weighted by molar-refractivity contribution is 6.34. The third kappa shape index (κ3) is 2.80. The molecule has 0 amide bonds. The van der Waals surface area contributed by atoms with Gasteiger partial charge in [-0.2, -0.15) is 0 Å². The van der Waals surface area contributed by atoms with E-state index in [0.29, 0.717) is 33.7 Å². The van der Waals surface area contributed by atoms with Crippen LogP contribution in [0, 0.1) is 6.92 Å². The lowest BCUT2D eigenvalue weighted by Crippen LogP contribution is -2.50. The van der Waals surface area contributed by atoms with Gasteiger partial charge in [0.25, 0.3) is 5.56 Å². The number of hydrogen-bond donors (Lipinski definition) is 1. The number of aromatic nitrogens is 3. The van der Waals surface area contributed by atoms with Gasteiger partial charge < -0.3 is 9.88 Å². The molecule has 0 atom stereocenters. The number of aryl methyl sites for hydroxylation is 1. The van der Waals surface area contributed by atoms with Gasteiger partial charge in [-0.1, -0.05) is 11.6 Å². The van der Waals surface area contributed by atoms with Crippen molar-refractivity contribution in [2.75, 3.05) is 31.1 Å². The van der Waals surface area contributed by atoms with E-state index in [0.717, 1.165) is 26.2 Å². The van der Waals surface area contributed by atoms with E-state index in [1.165, 1.54) is 0 Å². The van der Waals surface area contributed by atoms with E-state index in [1.54, 1.807) is 13.0 Å². The van der Waals surface area contributed by atoms with Crippen molar-refractivity contribution in [3.63, 3.8) is 0 Å². The van der Waals surface area contributed by atoms with Crippen LogP contribution in [0.1, 0.15) is 19.7 Å². The zero-order chi connectivity index (χ0) is 15.9. The number of nitrogens with one attached hydrogen (secondary N) is 1. The summed E-state index contributed by atoms with van der Waals surface area (Å²) >= 11 is 6.19. The molecule has 22 heavy (non-hydrogen) atoms. The third-order valence-corrected chi connectivity index (χ3v) is 4.43. The fourth-order valence-corrected chi connectivity index (χ4v) is 3.12. The molecule has 1 aliphatic heterocycles. The first kappa shape index (κ1) is 15.2. The van der Waals surface area contributed by atoms with E-state index in [4.69, 9.17) is 11.6 Å². The Kier molecular flexibility index (Phi) is 4.06. The summed E-state index contributed by atoms with van der Waals surface area (Å²) in [6.07, 6.45) is 0. The lowest BCUT2D eigenvalue weighted by molar-refractivity contribution is 0.209. The fraction of sp³-hybridized carbons (Fsp3) is 0.533. The number of piperazine rings is 1. The van der Waals surface area contributed by atoms with Crippen LogP contribution in [0.3, 0.4) is 0 Å². The molecule has 0 aliphatic carbocycles. The molecule has 0 aromatic carbocycles. The van der Waals surface area contributed by atoms with Crippen LogP contribution >= 0.6 is 11.6 Å². The molecule has 1 saturated heterocycles. The van der Waals surface area contributed by atoms with E-state index in [-0.39, 0.29) is 5.56 Å². The van der Waals surface area contributed by atoms with E-state index < -0.39 is 0 Å². The average molecular weight is 322 g/mol. The monoisotopic (exact) mass is 321 g/mol. The van der Waals surface area contributed by atoms with Crippen molar-refractivity contribution >= 4 is 28.3 Å². The molecular formula is C15H20ClN5O. The molecule has 7 heteroatoms. The number of nitrogens with zero attached hydrogens (tertiary/aromatic N) is 4. The van der Waals surface area contributed by atoms with Gasteiger partial charge in [-0.25, -0.2) is 9.97 Å². The van der Waals surface area contributed by atoms with Crippen LogP contribution in [0.5, 0.6) is 0 Å². The zero-order valence-electron chi connectivity index (χ0n) is 13.1. The summed E-state index contributed by atoms with van der Waals surface area (Å²) in [5.41, 5.74) is 1.01. The second kappa shape index (κ2) is 5.85. The van der Waals surface area contributed by atoms with Gasteiger partial charge in [0, 0.05) is 32.2 Å². The SMILES string of the molecule is Cc1nc(Cl)c2cc(N3CCN(C(C)C)CC3)c(=O)[nH]c2n1. The highest BCUT2D eigenvalue weighted by Crippen LogP contribution is 2.22. The molecule has 118 valence electrons. The van der Waals surface area contributed by atoms with Gasteiger partial charge in [-0.05, 0) is 26.8 Å². The van der Waals surface area contributed by atoms with Crippen molar-refractivity contribution in [2.45, 2.75) is 26.8 Å². The number of rotatable bonds is 2. The molecule has 0 bridgehead atoms. The number of halogens is 1. The first-order valence-corrected chi connectivity index (χ1v) is 7.89. The lowest BCUT2D eigenvalue weighted by atomic mass is 10.2. The van der Waals surface area contributed by atoms with Crippen LogP contribution in [0.25, 0.3) is 11.0 Å². The van der Waals surface area contributed by atoms with E-state index in [2.05, 4.69) is 38.6 Å². The van der Waals surface area contributed by atoms with Gasteiger partial charge in [-0.15, -0.1) is 0 Å². The molecule has 3 rings (SSSR count). The molecular weight excluding hydrogens is 302 g/mol. The topological polar surface area (TPSA) is 65.1 Å². The summed E-state index contributed by atoms with van der Waals surface area (Å²) in [6.45, 7) is 9.70. The molecule has 0 radical (unpaired) electrons. The summed E-state index contributed by atoms with van der Waals surface area (Å²) in [5.74, 6) is 0.548. The van der Waals surface area contributed by atoms with Crippen molar-refractivity contribution in [2.24, 2.45) is 0 Å². The lowest BCUT2D eigenvalue weighted by Gasteiger charge is -2.37. The maximum absolute atomic E-state index is 12.4. The number of fused-ring (bicyclic) bond motifs is 1. The average Bonchev–Trinajstić information content (AvgIpc) is 2.46. The van der Waals surface area contributed by atoms with Crippen LogP contribution < -0.4 is 10.5 Å². The fourth-order valence-electron chi connectivity index (χ4n) is 2.86. The van der Waals surface area contributed by atoms with Crippen LogP contribution in [0.15, 0.2) is 10.9 Å². The molecule has 0 saturated carbocycles. The maximum atomic E-state index is 12.4. The predicted octanol–water partition coefficient (Wildman–Crippen LogP) is 1.81. The summed E-state index contributed by atoms with van der Waals surface area (Å²) in [4.78, 5) is 28.1. The van der Waals surface area contributed by atoms with Crippen LogP contribution in [0.4, 0.5) is 5.69 Å². The van der Waals surface area contributed by atoms with Gasteiger partial charge in [0.15, 0.2) is 0 Å². The molecule has 3 heterocycles. The molecule has 1 aliphatic rings. The molecule has 6 nitrogen and oxygen atoms in total. The second-order valence-corrected chi connectivity index (χ2v) is 6.28. The first-order valence-electron chi connectivity index (χ1n) is 7.52. The second-order valence-electron chi connectivity index (χ2n) is 5.92. The van der Waals surface area contributed by atoms with E-state index >= 15 is 0 Å². The van der Waals surface area contributed by atoms with Gasteiger partial charge in [0.05, 0.1) is 5.39 Å². The van der Waals surface area contributed by atoms with Crippen LogP contribution in [-0.4, -0.2) is 52.1 Å². The summed E-state index contributed by atoms with van der Waals surface area (Å²) in [6, 6.07) is 2.34. The molecule has 1 fully saturated rings. The number of hydrogen-bond acceptors (Lipinski definition) is 5. The predicted molar refractivity (Wildman–Crippen MR) is 88.8 cm³/mol. The highest BCUT2D eigenvalue weighted by Gasteiger charge is 2.21. The van der Waals surface area contributed by atoms with Crippen LogP contribution in [0.2, 0.25) is 5.15 Å². The largest absolute Gasteiger partial charge is 0.364 e. The van der Waals surface area contributed by atoms with Gasteiger partial charge in [0.2, 0.25) is 0 Å². The summed E-state index contributed by atoms with van der Waals surface area (Å²) in [7, 11) is 0. The van der Waals surface area contributed by atoms with Crippen molar-refractivity contribution in [1.82, 2.24) is 19.9 Å². The first-order chi connectivity index (χ1) is 10.5. The zero-order valence-corrected chi connectivity index (χ0v) is 13.8.